The topological polar surface area (TPSA) is 128 Å². The Bertz CT molecular complexity index is 1040. The summed E-state index contributed by atoms with van der Waals surface area (Å²) in [6, 6.07) is 10.2. The Morgan fingerprint density at radius 3 is 2.68 bits per heavy atom. The molecule has 0 fully saturated rings. The fraction of sp³-hybridized carbons (Fsp3) is 0.235. The van der Waals surface area contributed by atoms with Crippen molar-refractivity contribution < 1.29 is 27.6 Å². The molecule has 0 saturated carbocycles. The fourth-order valence-electron chi connectivity index (χ4n) is 2.77. The van der Waals surface area contributed by atoms with Crippen LogP contribution in [0.3, 0.4) is 0 Å². The molecule has 0 bridgehead atoms. The van der Waals surface area contributed by atoms with E-state index in [1.165, 1.54) is 19.2 Å². The highest BCUT2D eigenvalue weighted by Crippen LogP contribution is 2.35. The molecule has 0 saturated heterocycles. The lowest BCUT2D eigenvalue weighted by Gasteiger charge is -2.33. The van der Waals surface area contributed by atoms with Gasteiger partial charge in [0.2, 0.25) is 10.0 Å². The highest BCUT2D eigenvalue weighted by molar-refractivity contribution is 7.92. The van der Waals surface area contributed by atoms with E-state index in [2.05, 4.69) is 5.32 Å². The number of para-hydroxylation sites is 2. The van der Waals surface area contributed by atoms with Crippen LogP contribution in [0.1, 0.15) is 0 Å². The predicted octanol–water partition coefficient (Wildman–Crippen LogP) is 1.77. The number of rotatable bonds is 5. The minimum absolute atomic E-state index is 0.0788. The standard InChI is InChI=1S/C17H17N3O7S/c1-26-14-8-7-11(20(22)23)9-12(14)18-17(21)16-10-19(28(2,24)25)13-5-3-4-6-15(13)27-16/h3-9,16H,10H2,1-2H3,(H,18,21)/t16-/m0/s1. The molecule has 3 rings (SSSR count). The predicted molar refractivity (Wildman–Crippen MR) is 101 cm³/mol. The molecule has 0 radical (unpaired) electrons. The number of sulfonamides is 1. The van der Waals surface area contributed by atoms with Crippen molar-refractivity contribution >= 4 is 33.0 Å². The van der Waals surface area contributed by atoms with Gasteiger partial charge in [-0.25, -0.2) is 8.42 Å². The van der Waals surface area contributed by atoms with E-state index in [0.717, 1.165) is 16.6 Å². The van der Waals surface area contributed by atoms with Gasteiger partial charge in [0, 0.05) is 12.1 Å². The van der Waals surface area contributed by atoms with Crippen LogP contribution in [-0.2, 0) is 14.8 Å². The van der Waals surface area contributed by atoms with Gasteiger partial charge in [-0.1, -0.05) is 12.1 Å². The van der Waals surface area contributed by atoms with E-state index in [9.17, 15) is 23.3 Å². The third-order valence-electron chi connectivity index (χ3n) is 4.08. The number of nitrogens with zero attached hydrogens (tertiary/aromatic N) is 2. The Balaban J connectivity index is 1.90. The number of nitro benzene ring substituents is 1. The monoisotopic (exact) mass is 407 g/mol. The number of ether oxygens (including phenoxy) is 2. The summed E-state index contributed by atoms with van der Waals surface area (Å²) < 4.78 is 36.1. The van der Waals surface area contributed by atoms with Gasteiger partial charge in [-0.15, -0.1) is 0 Å². The Kier molecular flexibility index (Phi) is 5.10. The summed E-state index contributed by atoms with van der Waals surface area (Å²) in [6.07, 6.45) is -0.123. The van der Waals surface area contributed by atoms with Crippen molar-refractivity contribution in [3.8, 4) is 11.5 Å². The van der Waals surface area contributed by atoms with Crippen molar-refractivity contribution in [3.63, 3.8) is 0 Å². The lowest BCUT2D eigenvalue weighted by atomic mass is 10.2. The number of benzene rings is 2. The van der Waals surface area contributed by atoms with E-state index in [-0.39, 0.29) is 29.4 Å². The van der Waals surface area contributed by atoms with E-state index in [1.807, 2.05) is 0 Å². The number of anilines is 2. The molecule has 10 nitrogen and oxygen atoms in total. The number of carbonyl (C=O) groups is 1. The molecule has 148 valence electrons. The van der Waals surface area contributed by atoms with Crippen LogP contribution >= 0.6 is 0 Å². The highest BCUT2D eigenvalue weighted by Gasteiger charge is 2.35. The van der Waals surface area contributed by atoms with Crippen molar-refractivity contribution in [1.82, 2.24) is 0 Å². The maximum atomic E-state index is 12.7. The van der Waals surface area contributed by atoms with Crippen LogP contribution in [0.4, 0.5) is 17.1 Å². The first-order chi connectivity index (χ1) is 13.2. The third kappa shape index (κ3) is 3.83. The lowest BCUT2D eigenvalue weighted by molar-refractivity contribution is -0.384. The van der Waals surface area contributed by atoms with E-state index in [4.69, 9.17) is 9.47 Å². The Hall–Kier alpha value is -3.34. The molecule has 1 heterocycles. The molecule has 0 aliphatic carbocycles. The quantitative estimate of drug-likeness (QED) is 0.591. The number of non-ortho nitro benzene ring substituents is 1. The van der Waals surface area contributed by atoms with Crippen molar-refractivity contribution in [3.05, 3.63) is 52.6 Å². The highest BCUT2D eigenvalue weighted by atomic mass is 32.2. The second-order valence-electron chi connectivity index (χ2n) is 6.00. The Labute approximate surface area is 160 Å². The number of hydrogen-bond acceptors (Lipinski definition) is 7. The molecule has 0 aromatic heterocycles. The van der Waals surface area contributed by atoms with Gasteiger partial charge in [0.05, 0.1) is 36.2 Å². The van der Waals surface area contributed by atoms with Crippen LogP contribution in [0, 0.1) is 10.1 Å². The average molecular weight is 407 g/mol. The molecule has 0 unspecified atom stereocenters. The lowest BCUT2D eigenvalue weighted by Crippen LogP contribution is -2.48. The zero-order chi connectivity index (χ0) is 20.5. The number of methoxy groups -OCH3 is 1. The molecular weight excluding hydrogens is 390 g/mol. The van der Waals surface area contributed by atoms with Crippen LogP contribution in [0.5, 0.6) is 11.5 Å². The second-order valence-corrected chi connectivity index (χ2v) is 7.91. The molecule has 2 aromatic carbocycles. The van der Waals surface area contributed by atoms with Gasteiger partial charge in [-0.2, -0.15) is 0 Å². The van der Waals surface area contributed by atoms with Crippen LogP contribution < -0.4 is 19.1 Å². The SMILES string of the molecule is COc1ccc([N+](=O)[O-])cc1NC(=O)[C@@H]1CN(S(C)(=O)=O)c2ccccc2O1. The molecule has 0 spiro atoms. The van der Waals surface area contributed by atoms with Gasteiger partial charge < -0.3 is 14.8 Å². The van der Waals surface area contributed by atoms with Crippen LogP contribution in [-0.4, -0.2) is 45.3 Å². The summed E-state index contributed by atoms with van der Waals surface area (Å²) in [5.41, 5.74) is 0.181. The number of carbonyl (C=O) groups excluding carboxylic acids is 1. The van der Waals surface area contributed by atoms with Gasteiger partial charge in [0.25, 0.3) is 11.6 Å². The Morgan fingerprint density at radius 1 is 1.32 bits per heavy atom. The van der Waals surface area contributed by atoms with E-state index in [0.29, 0.717) is 5.69 Å². The summed E-state index contributed by atoms with van der Waals surface area (Å²) in [5, 5.41) is 13.5. The first kappa shape index (κ1) is 19.4. The molecule has 1 amide bonds. The summed E-state index contributed by atoms with van der Waals surface area (Å²) in [7, 11) is -2.29. The number of nitrogens with one attached hydrogen (secondary N) is 1. The maximum absolute atomic E-state index is 12.7. The first-order valence-electron chi connectivity index (χ1n) is 8.07. The average Bonchev–Trinajstić information content (AvgIpc) is 2.66. The summed E-state index contributed by atoms with van der Waals surface area (Å²) in [6.45, 7) is -0.237. The molecular formula is C17H17N3O7S. The molecule has 2 aromatic rings. The Morgan fingerprint density at radius 2 is 2.04 bits per heavy atom. The molecule has 1 N–H and O–H groups in total. The van der Waals surface area contributed by atoms with Crippen molar-refractivity contribution in [1.29, 1.82) is 0 Å². The van der Waals surface area contributed by atoms with Gasteiger partial charge in [-0.3, -0.25) is 19.2 Å². The van der Waals surface area contributed by atoms with Crippen LogP contribution in [0.15, 0.2) is 42.5 Å². The maximum Gasteiger partial charge on any atom is 0.271 e. The second kappa shape index (κ2) is 7.35. The first-order valence-corrected chi connectivity index (χ1v) is 9.92. The fourth-order valence-corrected chi connectivity index (χ4v) is 3.69. The van der Waals surface area contributed by atoms with Crippen LogP contribution in [0.2, 0.25) is 0 Å². The minimum Gasteiger partial charge on any atom is -0.495 e. The zero-order valence-electron chi connectivity index (χ0n) is 15.0. The number of hydrogen-bond donors (Lipinski definition) is 1. The van der Waals surface area contributed by atoms with Crippen molar-refractivity contribution in [2.75, 3.05) is 29.5 Å². The summed E-state index contributed by atoms with van der Waals surface area (Å²) in [4.78, 5) is 23.1. The summed E-state index contributed by atoms with van der Waals surface area (Å²) >= 11 is 0. The molecule has 1 atom stereocenters. The third-order valence-corrected chi connectivity index (χ3v) is 5.23. The minimum atomic E-state index is -3.65. The van der Waals surface area contributed by atoms with Gasteiger partial charge in [0.1, 0.15) is 11.5 Å². The van der Waals surface area contributed by atoms with E-state index >= 15 is 0 Å². The number of nitro groups is 1. The largest absolute Gasteiger partial charge is 0.495 e. The molecule has 11 heteroatoms. The number of fused-ring (bicyclic) bond motifs is 1. The summed E-state index contributed by atoms with van der Waals surface area (Å²) in [5.74, 6) is -0.206. The van der Waals surface area contributed by atoms with Crippen molar-refractivity contribution in [2.45, 2.75) is 6.10 Å². The zero-order valence-corrected chi connectivity index (χ0v) is 15.8. The van der Waals surface area contributed by atoms with Crippen LogP contribution in [0.25, 0.3) is 0 Å². The normalized spacial score (nSPS) is 15.9. The molecule has 1 aliphatic rings. The van der Waals surface area contributed by atoms with Gasteiger partial charge in [0.15, 0.2) is 6.10 Å². The molecule has 28 heavy (non-hydrogen) atoms. The van der Waals surface area contributed by atoms with Gasteiger partial charge in [-0.05, 0) is 18.2 Å². The van der Waals surface area contributed by atoms with Crippen molar-refractivity contribution in [2.24, 2.45) is 0 Å². The van der Waals surface area contributed by atoms with E-state index in [1.54, 1.807) is 24.3 Å². The van der Waals surface area contributed by atoms with Gasteiger partial charge >= 0.3 is 0 Å². The molecule has 1 aliphatic heterocycles. The van der Waals surface area contributed by atoms with E-state index < -0.39 is 27.0 Å². The number of amides is 1. The smallest absolute Gasteiger partial charge is 0.271 e.